The van der Waals surface area contributed by atoms with Gasteiger partial charge in [-0.2, -0.15) is 0 Å². The Morgan fingerprint density at radius 3 is 1.09 bits per heavy atom. The van der Waals surface area contributed by atoms with Crippen molar-refractivity contribution in [2.45, 2.75) is 87.9 Å². The average Bonchev–Trinajstić information content (AvgIpc) is 3.88. The minimum atomic E-state index is -2.99. The fourth-order valence-corrected chi connectivity index (χ4v) is 22.6. The van der Waals surface area contributed by atoms with Crippen LogP contribution in [0.25, 0.3) is 61.1 Å². The van der Waals surface area contributed by atoms with Crippen LogP contribution in [0.1, 0.15) is 88.7 Å². The maximum absolute atomic E-state index is 6.08. The first-order valence-electron chi connectivity index (χ1n) is 28.7. The Balaban J connectivity index is 1.01. The molecule has 18 rings (SSSR count). The summed E-state index contributed by atoms with van der Waals surface area (Å²) in [5.74, 6) is 7.80. The molecule has 8 aromatic carbocycles. The fourth-order valence-electron chi connectivity index (χ4n) is 17.9. The SMILES string of the molecule is c1ccc(-c2ccc3c(c2)c2cc(-c4ccccc4)ccc2n3-c2ccc([Si](c3ccccc3)(c3ccccc3)c3ccccc3)cc2-c2nc(C34CC5CC(CC(C5)C3)C4)nc(C34CC5CC(CC(C5)C3)C4)n2)cc1. The van der Waals surface area contributed by atoms with Crippen LogP contribution in [0, 0.1) is 35.5 Å². The normalized spacial score (nSPS) is 26.2. The van der Waals surface area contributed by atoms with E-state index in [2.05, 4.69) is 211 Å². The van der Waals surface area contributed by atoms with Gasteiger partial charge in [0.25, 0.3) is 0 Å². The third-order valence-electron chi connectivity index (χ3n) is 20.2. The highest BCUT2D eigenvalue weighted by atomic mass is 28.3. The Morgan fingerprint density at radius 1 is 0.342 bits per heavy atom. The van der Waals surface area contributed by atoms with Crippen LogP contribution in [-0.4, -0.2) is 27.6 Å². The largest absolute Gasteiger partial charge is 0.309 e. The minimum Gasteiger partial charge on any atom is -0.309 e. The molecule has 0 aliphatic heterocycles. The van der Waals surface area contributed by atoms with E-state index in [0.29, 0.717) is 0 Å². The Labute approximate surface area is 448 Å². The van der Waals surface area contributed by atoms with Gasteiger partial charge in [-0.1, -0.05) is 170 Å². The molecular formula is C71H64N4Si. The fraction of sp³-hybridized carbons (Fsp3) is 0.282. The Morgan fingerprint density at radius 2 is 0.711 bits per heavy atom. The lowest BCUT2D eigenvalue weighted by atomic mass is 9.49. The molecule has 4 nitrogen and oxygen atoms in total. The second kappa shape index (κ2) is 17.4. The zero-order chi connectivity index (χ0) is 50.0. The van der Waals surface area contributed by atoms with Crippen LogP contribution in [0.5, 0.6) is 0 Å². The summed E-state index contributed by atoms with van der Waals surface area (Å²) in [6, 6.07) is 77.9. The summed E-state index contributed by atoms with van der Waals surface area (Å²) in [4.78, 5) is 18.2. The van der Waals surface area contributed by atoms with Gasteiger partial charge in [0.15, 0.2) is 13.9 Å². The van der Waals surface area contributed by atoms with Crippen molar-refractivity contribution in [3.05, 3.63) is 218 Å². The molecule has 8 saturated carbocycles. The molecule has 8 fully saturated rings. The molecule has 0 saturated heterocycles. The van der Waals surface area contributed by atoms with Crippen LogP contribution >= 0.6 is 0 Å². The van der Waals surface area contributed by atoms with Crippen LogP contribution in [0.2, 0.25) is 0 Å². The maximum Gasteiger partial charge on any atom is 0.179 e. The number of aromatic nitrogens is 4. The first kappa shape index (κ1) is 45.0. The van der Waals surface area contributed by atoms with Crippen LogP contribution in [0.4, 0.5) is 0 Å². The van der Waals surface area contributed by atoms with Gasteiger partial charge in [0.05, 0.1) is 16.7 Å². The predicted molar refractivity (Wildman–Crippen MR) is 314 cm³/mol. The van der Waals surface area contributed by atoms with Gasteiger partial charge in [-0.15, -0.1) is 0 Å². The van der Waals surface area contributed by atoms with E-state index in [1.54, 1.807) is 0 Å². The van der Waals surface area contributed by atoms with Crippen LogP contribution in [-0.2, 0) is 10.8 Å². The van der Waals surface area contributed by atoms with Gasteiger partial charge in [-0.3, -0.25) is 0 Å². The van der Waals surface area contributed by atoms with Gasteiger partial charge in [0, 0.05) is 27.2 Å². The topological polar surface area (TPSA) is 43.6 Å². The van der Waals surface area contributed by atoms with Gasteiger partial charge >= 0.3 is 0 Å². The number of nitrogens with zero attached hydrogens (tertiary/aromatic N) is 4. The van der Waals surface area contributed by atoms with Crippen molar-refractivity contribution in [3.8, 4) is 39.3 Å². The van der Waals surface area contributed by atoms with Crippen molar-refractivity contribution in [2.24, 2.45) is 35.5 Å². The summed E-state index contributed by atoms with van der Waals surface area (Å²) in [6.07, 6.45) is 15.7. The van der Waals surface area contributed by atoms with Gasteiger partial charge in [0.2, 0.25) is 0 Å². The third-order valence-corrected chi connectivity index (χ3v) is 24.9. The summed E-state index contributed by atoms with van der Waals surface area (Å²) in [5.41, 5.74) is 9.49. The summed E-state index contributed by atoms with van der Waals surface area (Å²) < 4.78 is 2.57. The lowest BCUT2D eigenvalue weighted by molar-refractivity contribution is -0.0155. The molecule has 0 atom stereocenters. The second-order valence-electron chi connectivity index (χ2n) is 24.8. The summed E-state index contributed by atoms with van der Waals surface area (Å²) in [7, 11) is -2.99. The van der Waals surface area contributed by atoms with Crippen molar-refractivity contribution in [2.75, 3.05) is 0 Å². The van der Waals surface area contributed by atoms with E-state index < -0.39 is 8.07 Å². The van der Waals surface area contributed by atoms with Crippen molar-refractivity contribution in [1.29, 1.82) is 0 Å². The molecule has 2 aromatic heterocycles. The number of benzene rings is 8. The smallest absolute Gasteiger partial charge is 0.179 e. The third kappa shape index (κ3) is 7.10. The second-order valence-corrected chi connectivity index (χ2v) is 28.6. The number of hydrogen-bond acceptors (Lipinski definition) is 3. The summed E-state index contributed by atoms with van der Waals surface area (Å²) in [5, 5.41) is 7.91. The number of hydrogen-bond donors (Lipinski definition) is 0. The minimum absolute atomic E-state index is 0.00635. The molecule has 2 heterocycles. The summed E-state index contributed by atoms with van der Waals surface area (Å²) >= 11 is 0. The van der Waals surface area contributed by atoms with Gasteiger partial charge < -0.3 is 4.57 Å². The molecule has 0 radical (unpaired) electrons. The molecule has 76 heavy (non-hydrogen) atoms. The zero-order valence-electron chi connectivity index (χ0n) is 43.4. The van der Waals surface area contributed by atoms with Crippen molar-refractivity contribution < 1.29 is 0 Å². The molecule has 10 aromatic rings. The standard InChI is InChI=1S/C71H64N4Si/c1-6-16-53(17-7-1)55-26-29-64-61(38-55)62-39-56(54-18-8-2-9-19-54)27-30-65(62)75(64)66-31-28-60(76(57-20-10-3-11-21-57,58-22-12-4-13-23-58)59-24-14-5-15-25-59)40-63(66)67-72-68(70-41-47-32-48(42-70)34-49(33-47)43-70)74-69(73-67)71-44-50-35-51(45-71)37-52(36-50)46-71/h1-31,38-40,47-52H,32-37,41-46H2. The molecule has 8 aliphatic rings. The molecule has 0 spiro atoms. The van der Waals surface area contributed by atoms with E-state index in [1.807, 2.05) is 0 Å². The average molecular weight is 1000 g/mol. The highest BCUT2D eigenvalue weighted by Gasteiger charge is 2.56. The first-order chi connectivity index (χ1) is 37.5. The highest BCUT2D eigenvalue weighted by Crippen LogP contribution is 2.62. The van der Waals surface area contributed by atoms with E-state index >= 15 is 0 Å². The van der Waals surface area contributed by atoms with Crippen molar-refractivity contribution >= 4 is 50.6 Å². The van der Waals surface area contributed by atoms with E-state index in [4.69, 9.17) is 15.0 Å². The van der Waals surface area contributed by atoms with Crippen LogP contribution in [0.3, 0.4) is 0 Å². The van der Waals surface area contributed by atoms with E-state index in [-0.39, 0.29) is 10.8 Å². The molecule has 8 aliphatic carbocycles. The Hall–Kier alpha value is -7.21. The number of rotatable bonds is 10. The van der Waals surface area contributed by atoms with Gasteiger partial charge in [-0.25, -0.2) is 15.0 Å². The maximum atomic E-state index is 6.08. The van der Waals surface area contributed by atoms with Crippen molar-refractivity contribution in [3.63, 3.8) is 0 Å². The molecular weight excluding hydrogens is 937 g/mol. The zero-order valence-corrected chi connectivity index (χ0v) is 44.4. The van der Waals surface area contributed by atoms with Gasteiger partial charge in [0.1, 0.15) is 11.6 Å². The molecule has 8 bridgehead atoms. The Bertz CT molecular complexity index is 3500. The quantitative estimate of drug-likeness (QED) is 0.101. The van der Waals surface area contributed by atoms with Gasteiger partial charge in [-0.05, 0) is 192 Å². The van der Waals surface area contributed by atoms with E-state index in [0.717, 1.165) is 64.2 Å². The summed E-state index contributed by atoms with van der Waals surface area (Å²) in [6.45, 7) is 0. The van der Waals surface area contributed by atoms with E-state index in [1.165, 1.54) is 142 Å². The van der Waals surface area contributed by atoms with E-state index in [9.17, 15) is 0 Å². The van der Waals surface area contributed by atoms with Crippen LogP contribution in [0.15, 0.2) is 206 Å². The number of fused-ring (bicyclic) bond motifs is 3. The Kier molecular flexibility index (Phi) is 10.3. The van der Waals surface area contributed by atoms with Crippen molar-refractivity contribution in [1.82, 2.24) is 19.5 Å². The monoisotopic (exact) mass is 1000 g/mol. The first-order valence-corrected chi connectivity index (χ1v) is 30.7. The molecule has 0 unspecified atom stereocenters. The highest BCUT2D eigenvalue weighted by molar-refractivity contribution is 7.19. The lowest BCUT2D eigenvalue weighted by Crippen LogP contribution is -2.74. The molecule has 372 valence electrons. The lowest BCUT2D eigenvalue weighted by Gasteiger charge is -2.57. The molecule has 5 heteroatoms. The van der Waals surface area contributed by atoms with Crippen LogP contribution < -0.4 is 20.7 Å². The molecule has 0 amide bonds. The predicted octanol–water partition coefficient (Wildman–Crippen LogP) is 14.3. The molecule has 0 N–H and O–H groups in total.